The van der Waals surface area contributed by atoms with Gasteiger partial charge in [0.1, 0.15) is 0 Å². The average Bonchev–Trinajstić information content (AvgIpc) is 2.02. The molecule has 1 N–H and O–H groups in total. The van der Waals surface area contributed by atoms with Crippen LogP contribution in [0, 0.1) is 5.41 Å². The van der Waals surface area contributed by atoms with Gasteiger partial charge in [-0.05, 0) is 17.5 Å². The fourth-order valence-corrected chi connectivity index (χ4v) is 0.835. The van der Waals surface area contributed by atoms with Gasteiger partial charge in [0.05, 0.1) is 5.69 Å². The van der Waals surface area contributed by atoms with E-state index in [2.05, 4.69) is 31.1 Å². The highest BCUT2D eigenvalue weighted by Gasteiger charge is 2.08. The van der Waals surface area contributed by atoms with Crippen LogP contribution >= 0.6 is 0 Å². The molecule has 0 saturated heterocycles. The summed E-state index contributed by atoms with van der Waals surface area (Å²) in [4.78, 5) is 4.02. The molecule has 1 aromatic rings. The van der Waals surface area contributed by atoms with E-state index >= 15 is 0 Å². The average molecular weight is 164 g/mol. The van der Waals surface area contributed by atoms with Crippen molar-refractivity contribution in [2.75, 3.05) is 11.9 Å². The molecule has 0 atom stereocenters. The first-order valence-electron chi connectivity index (χ1n) is 4.22. The Hall–Kier alpha value is -1.05. The molecule has 66 valence electrons. The lowest BCUT2D eigenvalue weighted by molar-refractivity contribution is 0.443. The predicted molar refractivity (Wildman–Crippen MR) is 52.2 cm³/mol. The molecule has 0 fully saturated rings. The van der Waals surface area contributed by atoms with Crippen LogP contribution < -0.4 is 5.32 Å². The van der Waals surface area contributed by atoms with Gasteiger partial charge < -0.3 is 5.32 Å². The molecule has 0 amide bonds. The summed E-state index contributed by atoms with van der Waals surface area (Å²) in [6.45, 7) is 7.59. The van der Waals surface area contributed by atoms with Crippen molar-refractivity contribution in [2.24, 2.45) is 5.41 Å². The maximum absolute atomic E-state index is 4.02. The lowest BCUT2D eigenvalue weighted by Gasteiger charge is -2.19. The summed E-state index contributed by atoms with van der Waals surface area (Å²) in [5.41, 5.74) is 1.41. The van der Waals surface area contributed by atoms with E-state index in [9.17, 15) is 0 Å². The number of rotatable bonds is 2. The third-order valence-corrected chi connectivity index (χ3v) is 1.48. The number of aromatic nitrogens is 1. The minimum atomic E-state index is 0.315. The number of anilines is 1. The molecule has 0 aliphatic carbocycles. The van der Waals surface area contributed by atoms with E-state index in [4.69, 9.17) is 0 Å². The van der Waals surface area contributed by atoms with E-state index in [1.54, 1.807) is 6.20 Å². The van der Waals surface area contributed by atoms with Crippen LogP contribution in [-0.4, -0.2) is 11.5 Å². The minimum absolute atomic E-state index is 0.315. The van der Waals surface area contributed by atoms with Crippen LogP contribution in [0.15, 0.2) is 24.5 Å². The van der Waals surface area contributed by atoms with E-state index in [-0.39, 0.29) is 0 Å². The van der Waals surface area contributed by atoms with Crippen molar-refractivity contribution in [3.05, 3.63) is 24.5 Å². The van der Waals surface area contributed by atoms with Crippen LogP contribution in [-0.2, 0) is 0 Å². The van der Waals surface area contributed by atoms with Crippen LogP contribution in [0.5, 0.6) is 0 Å². The quantitative estimate of drug-likeness (QED) is 0.726. The molecule has 0 spiro atoms. The number of nitrogens with one attached hydrogen (secondary N) is 1. The van der Waals surface area contributed by atoms with Crippen molar-refractivity contribution in [1.82, 2.24) is 4.98 Å². The zero-order chi connectivity index (χ0) is 9.03. The van der Waals surface area contributed by atoms with Crippen molar-refractivity contribution in [1.29, 1.82) is 0 Å². The summed E-state index contributed by atoms with van der Waals surface area (Å²) in [5, 5.41) is 3.32. The summed E-state index contributed by atoms with van der Waals surface area (Å²) >= 11 is 0. The molecule has 0 bridgehead atoms. The van der Waals surface area contributed by atoms with Crippen LogP contribution in [0.1, 0.15) is 20.8 Å². The molecule has 0 radical (unpaired) electrons. The molecule has 0 unspecified atom stereocenters. The standard InChI is InChI=1S/C10H16N2/c1-10(2,3)8-12-9-5-4-6-11-7-9/h4-7,12H,8H2,1-3H3. The Kier molecular flexibility index (Phi) is 2.69. The normalized spacial score (nSPS) is 11.2. The Morgan fingerprint density at radius 3 is 2.67 bits per heavy atom. The van der Waals surface area contributed by atoms with Gasteiger partial charge in [0.15, 0.2) is 0 Å². The highest BCUT2D eigenvalue weighted by molar-refractivity contribution is 5.39. The van der Waals surface area contributed by atoms with E-state index in [1.165, 1.54) is 0 Å². The Morgan fingerprint density at radius 1 is 1.42 bits per heavy atom. The lowest BCUT2D eigenvalue weighted by Crippen LogP contribution is -2.18. The molecule has 0 saturated carbocycles. The van der Waals surface area contributed by atoms with Crippen molar-refractivity contribution in [2.45, 2.75) is 20.8 Å². The molecular weight excluding hydrogens is 148 g/mol. The van der Waals surface area contributed by atoms with Crippen LogP contribution in [0.25, 0.3) is 0 Å². The second-order valence-electron chi connectivity index (χ2n) is 4.16. The maximum Gasteiger partial charge on any atom is 0.0526 e. The van der Waals surface area contributed by atoms with Crippen LogP contribution in [0.3, 0.4) is 0 Å². The van der Waals surface area contributed by atoms with Gasteiger partial charge in [-0.3, -0.25) is 4.98 Å². The van der Waals surface area contributed by atoms with Gasteiger partial charge >= 0.3 is 0 Å². The number of hydrogen-bond donors (Lipinski definition) is 1. The predicted octanol–water partition coefficient (Wildman–Crippen LogP) is 2.54. The fraction of sp³-hybridized carbons (Fsp3) is 0.500. The van der Waals surface area contributed by atoms with E-state index in [1.807, 2.05) is 18.3 Å². The van der Waals surface area contributed by atoms with Gasteiger partial charge in [-0.1, -0.05) is 20.8 Å². The van der Waals surface area contributed by atoms with Gasteiger partial charge in [-0.2, -0.15) is 0 Å². The van der Waals surface area contributed by atoms with E-state index in [0.29, 0.717) is 5.41 Å². The summed E-state index contributed by atoms with van der Waals surface area (Å²) in [6, 6.07) is 3.96. The summed E-state index contributed by atoms with van der Waals surface area (Å²) in [5.74, 6) is 0. The molecule has 0 aliphatic heterocycles. The van der Waals surface area contributed by atoms with Crippen LogP contribution in [0.2, 0.25) is 0 Å². The lowest BCUT2D eigenvalue weighted by atomic mass is 9.97. The van der Waals surface area contributed by atoms with Gasteiger partial charge in [-0.15, -0.1) is 0 Å². The molecule has 2 nitrogen and oxygen atoms in total. The first kappa shape index (κ1) is 9.04. The number of hydrogen-bond acceptors (Lipinski definition) is 2. The smallest absolute Gasteiger partial charge is 0.0526 e. The number of nitrogens with zero attached hydrogens (tertiary/aromatic N) is 1. The van der Waals surface area contributed by atoms with Crippen molar-refractivity contribution in [3.63, 3.8) is 0 Å². The Bertz CT molecular complexity index is 223. The third kappa shape index (κ3) is 3.37. The highest BCUT2D eigenvalue weighted by atomic mass is 14.9. The molecule has 1 rings (SSSR count). The van der Waals surface area contributed by atoms with E-state index in [0.717, 1.165) is 12.2 Å². The molecule has 1 aromatic heterocycles. The van der Waals surface area contributed by atoms with Crippen molar-refractivity contribution >= 4 is 5.69 Å². The summed E-state index contributed by atoms with van der Waals surface area (Å²) < 4.78 is 0. The minimum Gasteiger partial charge on any atom is -0.383 e. The Labute approximate surface area is 74.0 Å². The Balaban J connectivity index is 2.44. The van der Waals surface area contributed by atoms with Crippen molar-refractivity contribution < 1.29 is 0 Å². The molecular formula is C10H16N2. The van der Waals surface area contributed by atoms with Crippen LogP contribution in [0.4, 0.5) is 5.69 Å². The van der Waals surface area contributed by atoms with Gasteiger partial charge in [-0.25, -0.2) is 0 Å². The molecule has 1 heterocycles. The third-order valence-electron chi connectivity index (χ3n) is 1.48. The number of pyridine rings is 1. The van der Waals surface area contributed by atoms with Gasteiger partial charge in [0.25, 0.3) is 0 Å². The first-order chi connectivity index (χ1) is 5.58. The molecule has 2 heteroatoms. The largest absolute Gasteiger partial charge is 0.383 e. The van der Waals surface area contributed by atoms with Gasteiger partial charge in [0, 0.05) is 18.9 Å². The molecule has 12 heavy (non-hydrogen) atoms. The zero-order valence-corrected chi connectivity index (χ0v) is 7.96. The van der Waals surface area contributed by atoms with Crippen molar-refractivity contribution in [3.8, 4) is 0 Å². The SMILES string of the molecule is CC(C)(C)CNc1cccnc1. The zero-order valence-electron chi connectivity index (χ0n) is 7.96. The monoisotopic (exact) mass is 164 g/mol. The maximum atomic E-state index is 4.02. The Morgan fingerprint density at radius 2 is 2.17 bits per heavy atom. The second-order valence-corrected chi connectivity index (χ2v) is 4.16. The molecule has 0 aliphatic rings. The highest BCUT2D eigenvalue weighted by Crippen LogP contribution is 2.14. The summed E-state index contributed by atoms with van der Waals surface area (Å²) in [6.07, 6.45) is 3.62. The molecule has 0 aromatic carbocycles. The summed E-state index contributed by atoms with van der Waals surface area (Å²) in [7, 11) is 0. The fourth-order valence-electron chi connectivity index (χ4n) is 0.835. The topological polar surface area (TPSA) is 24.9 Å². The first-order valence-corrected chi connectivity index (χ1v) is 4.22. The van der Waals surface area contributed by atoms with Gasteiger partial charge in [0.2, 0.25) is 0 Å². The second kappa shape index (κ2) is 3.57. The van der Waals surface area contributed by atoms with E-state index < -0.39 is 0 Å².